The van der Waals surface area contributed by atoms with E-state index in [1.54, 1.807) is 6.07 Å². The fourth-order valence-electron chi connectivity index (χ4n) is 3.61. The Morgan fingerprint density at radius 2 is 1.90 bits per heavy atom. The number of halogens is 1. The summed E-state index contributed by atoms with van der Waals surface area (Å²) in [6.07, 6.45) is 5.10. The molecular formula is C22H21FN4O2. The molecule has 0 radical (unpaired) electrons. The Kier molecular flexibility index (Phi) is 5.37. The van der Waals surface area contributed by atoms with E-state index < -0.39 is 5.82 Å². The van der Waals surface area contributed by atoms with Crippen LogP contribution in [0.4, 0.5) is 10.1 Å². The number of rotatable bonds is 5. The fourth-order valence-corrected chi connectivity index (χ4v) is 3.61. The topological polar surface area (TPSA) is 76.0 Å². The largest absolute Gasteiger partial charge is 0.348 e. The number of carbonyl (C=O) groups is 2. The third-order valence-electron chi connectivity index (χ3n) is 4.99. The van der Waals surface area contributed by atoms with Gasteiger partial charge >= 0.3 is 0 Å². The predicted molar refractivity (Wildman–Crippen MR) is 107 cm³/mol. The molecule has 2 aromatic heterocycles. The van der Waals surface area contributed by atoms with Gasteiger partial charge in [0.1, 0.15) is 11.5 Å². The van der Waals surface area contributed by atoms with E-state index in [-0.39, 0.29) is 17.5 Å². The first-order valence-corrected chi connectivity index (χ1v) is 9.58. The predicted octanol–water partition coefficient (Wildman–Crippen LogP) is 3.54. The summed E-state index contributed by atoms with van der Waals surface area (Å²) in [4.78, 5) is 29.4. The number of amides is 2. The van der Waals surface area contributed by atoms with Crippen LogP contribution in [-0.2, 0) is 19.5 Å². The maximum Gasteiger partial charge on any atom is 0.272 e. The Hall–Kier alpha value is -3.48. The lowest BCUT2D eigenvalue weighted by Gasteiger charge is -2.18. The zero-order valence-electron chi connectivity index (χ0n) is 15.8. The van der Waals surface area contributed by atoms with Gasteiger partial charge in [0.2, 0.25) is 0 Å². The smallest absolute Gasteiger partial charge is 0.272 e. The van der Waals surface area contributed by atoms with E-state index in [0.717, 1.165) is 36.7 Å². The number of pyridine rings is 1. The molecule has 4 rings (SSSR count). The number of anilines is 1. The first kappa shape index (κ1) is 18.9. The maximum absolute atomic E-state index is 13.4. The molecular weight excluding hydrogens is 371 g/mol. The van der Waals surface area contributed by atoms with Gasteiger partial charge in [0, 0.05) is 24.8 Å². The van der Waals surface area contributed by atoms with E-state index in [9.17, 15) is 14.0 Å². The molecule has 0 aliphatic carbocycles. The molecule has 6 nitrogen and oxygen atoms in total. The lowest BCUT2D eigenvalue weighted by atomic mass is 10.1. The SMILES string of the molecule is O=C(NCc1ccccc1)c1cc(C(=O)Nc2cncc(F)c2)n2c1CCCC2. The summed E-state index contributed by atoms with van der Waals surface area (Å²) in [5, 5.41) is 5.60. The van der Waals surface area contributed by atoms with Gasteiger partial charge in [0.05, 0.1) is 23.6 Å². The van der Waals surface area contributed by atoms with Gasteiger partial charge in [-0.3, -0.25) is 14.6 Å². The quantitative estimate of drug-likeness (QED) is 0.697. The average Bonchev–Trinajstić information content (AvgIpc) is 3.13. The van der Waals surface area contributed by atoms with Gasteiger partial charge < -0.3 is 15.2 Å². The standard InChI is InChI=1S/C22H21FN4O2/c23-16-10-17(14-24-13-16)26-22(29)20-11-18(19-8-4-5-9-27(19)20)21(28)25-12-15-6-2-1-3-7-15/h1-3,6-7,10-11,13-14H,4-5,8-9,12H2,(H,25,28)(H,26,29). The monoisotopic (exact) mass is 392 g/mol. The fraction of sp³-hybridized carbons (Fsp3) is 0.227. The summed E-state index contributed by atoms with van der Waals surface area (Å²) in [5.41, 5.74) is 3.06. The van der Waals surface area contributed by atoms with Crippen LogP contribution in [0.1, 0.15) is 44.9 Å². The Morgan fingerprint density at radius 3 is 2.69 bits per heavy atom. The number of fused-ring (bicyclic) bond motifs is 1. The zero-order chi connectivity index (χ0) is 20.2. The van der Waals surface area contributed by atoms with Gasteiger partial charge in [0.25, 0.3) is 11.8 Å². The number of hydrogen-bond acceptors (Lipinski definition) is 3. The summed E-state index contributed by atoms with van der Waals surface area (Å²) in [6.45, 7) is 1.09. The second-order valence-corrected chi connectivity index (χ2v) is 7.01. The molecule has 1 aliphatic rings. The van der Waals surface area contributed by atoms with E-state index in [4.69, 9.17) is 0 Å². The van der Waals surface area contributed by atoms with Gasteiger partial charge in [-0.1, -0.05) is 30.3 Å². The van der Waals surface area contributed by atoms with Crippen molar-refractivity contribution in [1.82, 2.24) is 14.9 Å². The highest BCUT2D eigenvalue weighted by Gasteiger charge is 2.25. The highest BCUT2D eigenvalue weighted by atomic mass is 19.1. The highest BCUT2D eigenvalue weighted by molar-refractivity contribution is 6.06. The summed E-state index contributed by atoms with van der Waals surface area (Å²) < 4.78 is 15.2. The Labute approximate surface area is 167 Å². The van der Waals surface area contributed by atoms with Crippen LogP contribution in [-0.4, -0.2) is 21.4 Å². The third-order valence-corrected chi connectivity index (χ3v) is 4.99. The van der Waals surface area contributed by atoms with Crippen molar-refractivity contribution in [3.63, 3.8) is 0 Å². The molecule has 2 N–H and O–H groups in total. The molecule has 3 heterocycles. The number of hydrogen-bond donors (Lipinski definition) is 2. The number of nitrogens with one attached hydrogen (secondary N) is 2. The first-order valence-electron chi connectivity index (χ1n) is 9.58. The summed E-state index contributed by atoms with van der Waals surface area (Å²) in [7, 11) is 0. The third kappa shape index (κ3) is 4.18. The molecule has 148 valence electrons. The van der Waals surface area contributed by atoms with Gasteiger partial charge in [0.15, 0.2) is 0 Å². The van der Waals surface area contributed by atoms with Crippen LogP contribution in [0.25, 0.3) is 0 Å². The van der Waals surface area contributed by atoms with Crippen molar-refractivity contribution in [1.29, 1.82) is 0 Å². The van der Waals surface area contributed by atoms with Crippen molar-refractivity contribution in [2.45, 2.75) is 32.4 Å². The summed E-state index contributed by atoms with van der Waals surface area (Å²) in [6, 6.07) is 12.5. The van der Waals surface area contributed by atoms with Crippen molar-refractivity contribution in [3.05, 3.63) is 83.2 Å². The number of benzene rings is 1. The molecule has 1 aromatic carbocycles. The van der Waals surface area contributed by atoms with Crippen molar-refractivity contribution < 1.29 is 14.0 Å². The molecule has 29 heavy (non-hydrogen) atoms. The molecule has 0 atom stereocenters. The molecule has 0 spiro atoms. The summed E-state index contributed by atoms with van der Waals surface area (Å²) >= 11 is 0. The normalized spacial score (nSPS) is 12.9. The van der Waals surface area contributed by atoms with Crippen LogP contribution in [0.3, 0.4) is 0 Å². The Morgan fingerprint density at radius 1 is 1.07 bits per heavy atom. The van der Waals surface area contributed by atoms with Crippen molar-refractivity contribution >= 4 is 17.5 Å². The van der Waals surface area contributed by atoms with E-state index >= 15 is 0 Å². The van der Waals surface area contributed by atoms with Crippen LogP contribution >= 0.6 is 0 Å². The van der Waals surface area contributed by atoms with Crippen molar-refractivity contribution in [2.75, 3.05) is 5.32 Å². The molecule has 2 amide bonds. The highest BCUT2D eigenvalue weighted by Crippen LogP contribution is 2.25. The second kappa shape index (κ2) is 8.26. The van der Waals surface area contributed by atoms with Gasteiger partial charge in [-0.15, -0.1) is 0 Å². The van der Waals surface area contributed by atoms with Crippen LogP contribution in [0.5, 0.6) is 0 Å². The molecule has 0 bridgehead atoms. The molecule has 3 aromatic rings. The number of carbonyl (C=O) groups excluding carboxylic acids is 2. The number of nitrogens with zero attached hydrogens (tertiary/aromatic N) is 2. The van der Waals surface area contributed by atoms with Gasteiger partial charge in [-0.2, -0.15) is 0 Å². The lowest BCUT2D eigenvalue weighted by molar-refractivity contribution is 0.0949. The summed E-state index contributed by atoms with van der Waals surface area (Å²) in [5.74, 6) is -1.12. The van der Waals surface area contributed by atoms with Crippen molar-refractivity contribution in [3.8, 4) is 0 Å². The van der Waals surface area contributed by atoms with Crippen molar-refractivity contribution in [2.24, 2.45) is 0 Å². The molecule has 0 saturated carbocycles. The van der Waals surface area contributed by atoms with Crippen LogP contribution in [0, 0.1) is 5.82 Å². The molecule has 0 unspecified atom stereocenters. The van der Waals surface area contributed by atoms with E-state index in [1.807, 2.05) is 34.9 Å². The zero-order valence-corrected chi connectivity index (χ0v) is 15.8. The Bertz CT molecular complexity index is 1050. The average molecular weight is 392 g/mol. The first-order chi connectivity index (χ1) is 14.1. The second-order valence-electron chi connectivity index (χ2n) is 7.01. The van der Waals surface area contributed by atoms with Gasteiger partial charge in [-0.05, 0) is 30.9 Å². The minimum Gasteiger partial charge on any atom is -0.348 e. The maximum atomic E-state index is 13.4. The Balaban J connectivity index is 1.56. The van der Waals surface area contributed by atoms with E-state index in [1.165, 1.54) is 12.3 Å². The van der Waals surface area contributed by atoms with Crippen LogP contribution < -0.4 is 10.6 Å². The molecule has 0 saturated heterocycles. The van der Waals surface area contributed by atoms with Gasteiger partial charge in [-0.25, -0.2) is 4.39 Å². The van der Waals surface area contributed by atoms with E-state index in [2.05, 4.69) is 15.6 Å². The van der Waals surface area contributed by atoms with Crippen LogP contribution in [0.2, 0.25) is 0 Å². The minimum atomic E-state index is -0.527. The number of aromatic nitrogens is 2. The van der Waals surface area contributed by atoms with E-state index in [0.29, 0.717) is 24.3 Å². The molecule has 0 fully saturated rings. The van der Waals surface area contributed by atoms with Crippen LogP contribution in [0.15, 0.2) is 54.9 Å². The lowest BCUT2D eigenvalue weighted by Crippen LogP contribution is -2.25. The molecule has 1 aliphatic heterocycles. The minimum absolute atomic E-state index is 0.203. The molecule has 7 heteroatoms.